The van der Waals surface area contributed by atoms with Crippen molar-refractivity contribution in [1.82, 2.24) is 10.6 Å². The van der Waals surface area contributed by atoms with Gasteiger partial charge in [-0.25, -0.2) is 0 Å². The number of aliphatic hydroxyl groups excluding tert-OH is 1. The molecule has 1 amide bonds. The number of carbonyl (C=O) groups excluding carboxylic acids is 1. The van der Waals surface area contributed by atoms with E-state index >= 15 is 0 Å². The molecule has 1 aliphatic rings. The predicted octanol–water partition coefficient (Wildman–Crippen LogP) is 0.668. The van der Waals surface area contributed by atoms with E-state index in [4.69, 9.17) is 4.74 Å². The second-order valence-electron chi connectivity index (χ2n) is 5.36. The van der Waals surface area contributed by atoms with Crippen molar-refractivity contribution in [2.24, 2.45) is 5.92 Å². The molecule has 0 bridgehead atoms. The first-order valence-corrected chi connectivity index (χ1v) is 7.32. The van der Waals surface area contributed by atoms with E-state index in [-0.39, 0.29) is 30.5 Å². The zero-order valence-electron chi connectivity index (χ0n) is 12.2. The molecule has 0 spiro atoms. The highest BCUT2D eigenvalue weighted by Gasteiger charge is 2.27. The fraction of sp³-hybridized carbons (Fsp3) is 0.929. The smallest absolute Gasteiger partial charge is 0.236 e. The quantitative estimate of drug-likeness (QED) is 0.568. The molecule has 1 rings (SSSR count). The number of amides is 1. The van der Waals surface area contributed by atoms with Crippen LogP contribution in [0.25, 0.3) is 0 Å². The molecule has 112 valence electrons. The van der Waals surface area contributed by atoms with Crippen molar-refractivity contribution in [3.05, 3.63) is 0 Å². The Bertz CT molecular complexity index is 261. The topological polar surface area (TPSA) is 70.6 Å². The lowest BCUT2D eigenvalue weighted by molar-refractivity contribution is -0.123. The summed E-state index contributed by atoms with van der Waals surface area (Å²) in [5.41, 5.74) is 0. The summed E-state index contributed by atoms with van der Waals surface area (Å²) in [5.74, 6) is 0.316. The third-order valence-corrected chi connectivity index (χ3v) is 3.83. The lowest BCUT2D eigenvalue weighted by Gasteiger charge is -2.33. The van der Waals surface area contributed by atoms with Crippen molar-refractivity contribution in [1.29, 1.82) is 0 Å². The first-order chi connectivity index (χ1) is 9.19. The Balaban J connectivity index is 2.27. The maximum Gasteiger partial charge on any atom is 0.236 e. The Morgan fingerprint density at radius 3 is 2.84 bits per heavy atom. The van der Waals surface area contributed by atoms with Crippen LogP contribution in [0.3, 0.4) is 0 Å². The number of nitrogens with one attached hydrogen (secondary N) is 2. The molecule has 3 N–H and O–H groups in total. The average molecular weight is 272 g/mol. The molecule has 0 heterocycles. The first kappa shape index (κ1) is 16.4. The molecule has 1 saturated carbocycles. The predicted molar refractivity (Wildman–Crippen MR) is 74.9 cm³/mol. The van der Waals surface area contributed by atoms with Gasteiger partial charge in [0.2, 0.25) is 5.91 Å². The van der Waals surface area contributed by atoms with Crippen LogP contribution in [-0.2, 0) is 9.53 Å². The van der Waals surface area contributed by atoms with Gasteiger partial charge in [-0.3, -0.25) is 4.79 Å². The van der Waals surface area contributed by atoms with Crippen molar-refractivity contribution < 1.29 is 14.6 Å². The molecular formula is C14H28N2O3. The van der Waals surface area contributed by atoms with E-state index in [9.17, 15) is 9.90 Å². The van der Waals surface area contributed by atoms with E-state index in [1.54, 1.807) is 7.11 Å². The van der Waals surface area contributed by atoms with Crippen molar-refractivity contribution in [2.75, 3.05) is 26.9 Å². The summed E-state index contributed by atoms with van der Waals surface area (Å²) in [5, 5.41) is 15.6. The molecule has 1 aliphatic carbocycles. The van der Waals surface area contributed by atoms with Gasteiger partial charge in [0.25, 0.3) is 0 Å². The Morgan fingerprint density at radius 1 is 1.42 bits per heavy atom. The maximum atomic E-state index is 11.9. The highest BCUT2D eigenvalue weighted by molar-refractivity contribution is 5.81. The number of hydrogen-bond acceptors (Lipinski definition) is 4. The van der Waals surface area contributed by atoms with Crippen LogP contribution in [0.2, 0.25) is 0 Å². The van der Waals surface area contributed by atoms with Crippen LogP contribution in [0, 0.1) is 5.92 Å². The Morgan fingerprint density at radius 2 is 2.16 bits per heavy atom. The number of ether oxygens (including phenoxy) is 1. The van der Waals surface area contributed by atoms with Crippen LogP contribution in [0.1, 0.15) is 39.0 Å². The summed E-state index contributed by atoms with van der Waals surface area (Å²) < 4.78 is 4.94. The third-order valence-electron chi connectivity index (χ3n) is 3.83. The molecule has 0 radical (unpaired) electrons. The number of aliphatic hydroxyl groups is 1. The number of hydrogen-bond donors (Lipinski definition) is 3. The molecule has 0 aliphatic heterocycles. The Labute approximate surface area is 116 Å². The van der Waals surface area contributed by atoms with E-state index in [0.29, 0.717) is 13.2 Å². The van der Waals surface area contributed by atoms with Gasteiger partial charge in [0.1, 0.15) is 0 Å². The summed E-state index contributed by atoms with van der Waals surface area (Å²) in [7, 11) is 1.66. The lowest BCUT2D eigenvalue weighted by atomic mass is 9.84. The van der Waals surface area contributed by atoms with Gasteiger partial charge in [-0.15, -0.1) is 0 Å². The van der Waals surface area contributed by atoms with Crippen LogP contribution in [-0.4, -0.2) is 50.0 Å². The van der Waals surface area contributed by atoms with Gasteiger partial charge in [0, 0.05) is 32.9 Å². The molecule has 3 atom stereocenters. The van der Waals surface area contributed by atoms with Gasteiger partial charge in [-0.05, 0) is 32.1 Å². The van der Waals surface area contributed by atoms with Crippen molar-refractivity contribution in [3.8, 4) is 0 Å². The molecule has 5 nitrogen and oxygen atoms in total. The molecule has 0 aromatic carbocycles. The minimum atomic E-state index is -0.209. The van der Waals surface area contributed by atoms with E-state index in [2.05, 4.69) is 10.6 Å². The minimum Gasteiger partial charge on any atom is -0.396 e. The lowest BCUT2D eigenvalue weighted by Crippen LogP contribution is -2.50. The highest BCUT2D eigenvalue weighted by Crippen LogP contribution is 2.24. The summed E-state index contributed by atoms with van der Waals surface area (Å²) in [6, 6.07) is 0.0539. The molecule has 0 aromatic heterocycles. The number of carbonyl (C=O) groups is 1. The monoisotopic (exact) mass is 272 g/mol. The van der Waals surface area contributed by atoms with E-state index in [0.717, 1.165) is 19.3 Å². The molecule has 1 fully saturated rings. The van der Waals surface area contributed by atoms with Gasteiger partial charge >= 0.3 is 0 Å². The molecule has 3 unspecified atom stereocenters. The van der Waals surface area contributed by atoms with Crippen molar-refractivity contribution in [3.63, 3.8) is 0 Å². The van der Waals surface area contributed by atoms with Gasteiger partial charge < -0.3 is 20.5 Å². The molecular weight excluding hydrogens is 244 g/mol. The summed E-state index contributed by atoms with van der Waals surface area (Å²) in [4.78, 5) is 11.9. The second kappa shape index (κ2) is 9.28. The fourth-order valence-corrected chi connectivity index (χ4v) is 2.62. The summed E-state index contributed by atoms with van der Waals surface area (Å²) >= 11 is 0. The van der Waals surface area contributed by atoms with Crippen LogP contribution >= 0.6 is 0 Å². The van der Waals surface area contributed by atoms with Crippen LogP contribution in [0.15, 0.2) is 0 Å². The normalized spacial score (nSPS) is 25.0. The van der Waals surface area contributed by atoms with Crippen LogP contribution < -0.4 is 10.6 Å². The third kappa shape index (κ3) is 5.89. The standard InChI is InChI=1S/C14H28N2O3/c1-11(14(18)15-8-5-9-19-2)16-13-7-4-3-6-12(13)10-17/h11-13,16-17H,3-10H2,1-2H3,(H,15,18). The van der Waals surface area contributed by atoms with Gasteiger partial charge in [-0.2, -0.15) is 0 Å². The van der Waals surface area contributed by atoms with E-state index in [1.807, 2.05) is 6.92 Å². The van der Waals surface area contributed by atoms with Crippen molar-refractivity contribution in [2.45, 2.75) is 51.1 Å². The van der Waals surface area contributed by atoms with Gasteiger partial charge in [0.05, 0.1) is 6.04 Å². The van der Waals surface area contributed by atoms with Gasteiger partial charge in [0.15, 0.2) is 0 Å². The van der Waals surface area contributed by atoms with Gasteiger partial charge in [-0.1, -0.05) is 12.8 Å². The molecule has 5 heteroatoms. The zero-order chi connectivity index (χ0) is 14.1. The summed E-state index contributed by atoms with van der Waals surface area (Å²) in [6.45, 7) is 3.40. The first-order valence-electron chi connectivity index (χ1n) is 7.32. The van der Waals surface area contributed by atoms with Crippen LogP contribution in [0.4, 0.5) is 0 Å². The maximum absolute atomic E-state index is 11.9. The fourth-order valence-electron chi connectivity index (χ4n) is 2.62. The Kier molecular flexibility index (Phi) is 8.02. The van der Waals surface area contributed by atoms with Crippen LogP contribution in [0.5, 0.6) is 0 Å². The zero-order valence-corrected chi connectivity index (χ0v) is 12.2. The molecule has 0 aromatic rings. The van der Waals surface area contributed by atoms with Crippen molar-refractivity contribution >= 4 is 5.91 Å². The SMILES string of the molecule is COCCCNC(=O)C(C)NC1CCCCC1CO. The largest absolute Gasteiger partial charge is 0.396 e. The highest BCUT2D eigenvalue weighted by atomic mass is 16.5. The number of methoxy groups -OCH3 is 1. The minimum absolute atomic E-state index is 0.0263. The number of rotatable bonds is 8. The van der Waals surface area contributed by atoms with E-state index < -0.39 is 0 Å². The molecule has 19 heavy (non-hydrogen) atoms. The molecule has 0 saturated heterocycles. The Hall–Kier alpha value is -0.650. The second-order valence-corrected chi connectivity index (χ2v) is 5.36. The average Bonchev–Trinajstić information content (AvgIpc) is 2.44. The van der Waals surface area contributed by atoms with E-state index in [1.165, 1.54) is 12.8 Å². The summed E-state index contributed by atoms with van der Waals surface area (Å²) in [6.07, 6.45) is 5.29.